The summed E-state index contributed by atoms with van der Waals surface area (Å²) in [6.07, 6.45) is 2.19. The lowest BCUT2D eigenvalue weighted by atomic mass is 10.0. The molecule has 0 aromatic heterocycles. The van der Waals surface area contributed by atoms with E-state index in [9.17, 15) is 31.2 Å². The van der Waals surface area contributed by atoms with Gasteiger partial charge in [-0.3, -0.25) is 5.04 Å². The van der Waals surface area contributed by atoms with Crippen LogP contribution in [0.1, 0.15) is 32.1 Å². The molecule has 130 valence electrons. The van der Waals surface area contributed by atoms with Crippen molar-refractivity contribution in [1.29, 1.82) is 0 Å². The monoisotopic (exact) mass is 375 g/mol. The van der Waals surface area contributed by atoms with Crippen molar-refractivity contribution in [3.05, 3.63) is 23.3 Å². The normalized spacial score (nSPS) is 16.7. The smallest absolute Gasteiger partial charge is 0.187 e. The van der Waals surface area contributed by atoms with Gasteiger partial charge in [0.05, 0.1) is 17.3 Å². The van der Waals surface area contributed by atoms with Gasteiger partial charge in [0, 0.05) is 0 Å². The van der Waals surface area contributed by atoms with Crippen LogP contribution in [0.2, 0.25) is 0 Å². The molecule has 0 bridgehead atoms. The fraction of sp³-hybridized carbons (Fsp3) is 0.500. The van der Waals surface area contributed by atoms with Gasteiger partial charge in [0.15, 0.2) is 33.1 Å². The molecule has 2 rings (SSSR count). The van der Waals surface area contributed by atoms with Crippen LogP contribution in [0.15, 0.2) is 9.79 Å². The molecule has 11 heteroatoms. The number of hydrogen-bond donors (Lipinski definition) is 0. The number of benzene rings is 1. The molecule has 0 aliphatic heterocycles. The summed E-state index contributed by atoms with van der Waals surface area (Å²) in [4.78, 5) is -2.98. The first-order valence-electron chi connectivity index (χ1n) is 6.55. The van der Waals surface area contributed by atoms with Gasteiger partial charge in [0.1, 0.15) is 9.79 Å². The van der Waals surface area contributed by atoms with Gasteiger partial charge in [-0.2, -0.15) is 4.33 Å². The van der Waals surface area contributed by atoms with E-state index in [0.717, 1.165) is 6.42 Å². The number of hydrogen-bond acceptors (Lipinski definition) is 6. The largest absolute Gasteiger partial charge is 0.691 e. The molecule has 1 aliphatic rings. The second-order valence-electron chi connectivity index (χ2n) is 4.94. The fourth-order valence-electron chi connectivity index (χ4n) is 2.50. The molecule has 1 aromatic rings. The molecule has 0 heterocycles. The zero-order chi connectivity index (χ0) is 17.2. The summed E-state index contributed by atoms with van der Waals surface area (Å²) in [6, 6.07) is 0. The van der Waals surface area contributed by atoms with Crippen molar-refractivity contribution in [2.45, 2.75) is 47.1 Å². The number of halogens is 4. The first-order valence-corrected chi connectivity index (χ1v) is 8.84. The van der Waals surface area contributed by atoms with E-state index in [2.05, 4.69) is 9.37 Å². The summed E-state index contributed by atoms with van der Waals surface area (Å²) >= 11 is -0.403. The Morgan fingerprint density at radius 3 is 1.96 bits per heavy atom. The minimum Gasteiger partial charge on any atom is -0.691 e. The Morgan fingerprint density at radius 1 is 0.957 bits per heavy atom. The first kappa shape index (κ1) is 18.5. The second kappa shape index (κ2) is 7.34. The van der Waals surface area contributed by atoms with Crippen molar-refractivity contribution in [2.24, 2.45) is 0 Å². The van der Waals surface area contributed by atoms with E-state index in [4.69, 9.17) is 0 Å². The average Bonchev–Trinajstić information content (AvgIpc) is 2.54. The van der Waals surface area contributed by atoms with Crippen LogP contribution in [-0.2, 0) is 19.2 Å². The summed E-state index contributed by atoms with van der Waals surface area (Å²) in [6.45, 7) is 0. The van der Waals surface area contributed by atoms with Gasteiger partial charge >= 0.3 is 0 Å². The standard InChI is InChI=1S/C12H12F4O5S2/c13-7-9(15)12(10(16)8(14)11(7)22-21-20-17)23(18,19)6-4-2-1-3-5-6/h6,17H,1-5H2/p-1. The van der Waals surface area contributed by atoms with Gasteiger partial charge in [-0.25, -0.2) is 26.0 Å². The number of rotatable bonds is 5. The Morgan fingerprint density at radius 2 is 1.48 bits per heavy atom. The highest BCUT2D eigenvalue weighted by Crippen LogP contribution is 2.37. The molecular weight excluding hydrogens is 364 g/mol. The Hall–Kier alpha value is -0.880. The molecule has 0 N–H and O–H groups in total. The molecule has 1 aromatic carbocycles. The third-order valence-electron chi connectivity index (χ3n) is 3.60. The van der Waals surface area contributed by atoms with E-state index in [1.807, 2.05) is 0 Å². The lowest BCUT2D eigenvalue weighted by molar-refractivity contribution is -0.777. The quantitative estimate of drug-likeness (QED) is 0.259. The molecule has 0 unspecified atom stereocenters. The zero-order valence-corrected chi connectivity index (χ0v) is 13.1. The average molecular weight is 375 g/mol. The van der Waals surface area contributed by atoms with Crippen molar-refractivity contribution in [2.75, 3.05) is 0 Å². The van der Waals surface area contributed by atoms with Crippen LogP contribution < -0.4 is 5.26 Å². The summed E-state index contributed by atoms with van der Waals surface area (Å²) < 4.78 is 84.0. The van der Waals surface area contributed by atoms with Crippen LogP contribution in [0.3, 0.4) is 0 Å². The first-order chi connectivity index (χ1) is 10.8. The molecule has 0 atom stereocenters. The molecule has 1 aliphatic carbocycles. The van der Waals surface area contributed by atoms with E-state index in [-0.39, 0.29) is 12.8 Å². The maximum Gasteiger partial charge on any atom is 0.187 e. The van der Waals surface area contributed by atoms with Crippen molar-refractivity contribution < 1.29 is 40.6 Å². The minimum atomic E-state index is -4.58. The van der Waals surface area contributed by atoms with E-state index < -0.39 is 60.2 Å². The van der Waals surface area contributed by atoms with Crippen LogP contribution >= 0.6 is 12.0 Å². The summed E-state index contributed by atoms with van der Waals surface area (Å²) in [5.74, 6) is -8.04. The second-order valence-corrected chi connectivity index (χ2v) is 7.81. The Balaban J connectivity index is 2.55. The van der Waals surface area contributed by atoms with Crippen LogP contribution in [0.4, 0.5) is 17.6 Å². The van der Waals surface area contributed by atoms with Crippen LogP contribution in [0.5, 0.6) is 0 Å². The van der Waals surface area contributed by atoms with Crippen LogP contribution in [-0.4, -0.2) is 13.7 Å². The summed E-state index contributed by atoms with van der Waals surface area (Å²) in [5.41, 5.74) is 0. The van der Waals surface area contributed by atoms with Crippen molar-refractivity contribution in [3.8, 4) is 0 Å². The maximum atomic E-state index is 14.0. The Kier molecular flexibility index (Phi) is 5.89. The highest BCUT2D eigenvalue weighted by Gasteiger charge is 2.38. The van der Waals surface area contributed by atoms with Gasteiger partial charge in [0.2, 0.25) is 0 Å². The van der Waals surface area contributed by atoms with Gasteiger partial charge in [-0.05, 0) is 12.8 Å². The van der Waals surface area contributed by atoms with Gasteiger partial charge in [-0.1, -0.05) is 19.3 Å². The van der Waals surface area contributed by atoms with Crippen molar-refractivity contribution >= 4 is 21.9 Å². The van der Waals surface area contributed by atoms with E-state index >= 15 is 0 Å². The molecule has 1 saturated carbocycles. The van der Waals surface area contributed by atoms with Crippen LogP contribution in [0.25, 0.3) is 0 Å². The van der Waals surface area contributed by atoms with Crippen molar-refractivity contribution in [1.82, 2.24) is 0 Å². The number of sulfone groups is 1. The van der Waals surface area contributed by atoms with Gasteiger partial charge in [0.25, 0.3) is 0 Å². The molecular formula is C12H11F4O5S2-. The highest BCUT2D eigenvalue weighted by atomic mass is 32.2. The molecule has 0 radical (unpaired) electrons. The predicted octanol–water partition coefficient (Wildman–Crippen LogP) is 2.58. The van der Waals surface area contributed by atoms with E-state index in [1.165, 1.54) is 0 Å². The topological polar surface area (TPSA) is 75.7 Å². The molecule has 0 saturated heterocycles. The fourth-order valence-corrected chi connectivity index (χ4v) is 4.89. The molecule has 0 amide bonds. The zero-order valence-electron chi connectivity index (χ0n) is 11.5. The van der Waals surface area contributed by atoms with Gasteiger partial charge < -0.3 is 5.26 Å². The third kappa shape index (κ3) is 3.48. The maximum absolute atomic E-state index is 14.0. The van der Waals surface area contributed by atoms with E-state index in [0.29, 0.717) is 12.8 Å². The Labute approximate surface area is 133 Å². The van der Waals surface area contributed by atoms with E-state index in [1.54, 1.807) is 0 Å². The summed E-state index contributed by atoms with van der Waals surface area (Å²) in [5, 5.41) is 11.4. The lowest BCUT2D eigenvalue weighted by Gasteiger charge is -2.22. The Bertz CT molecular complexity index is 660. The SMILES string of the molecule is O=S(=O)(c1c(F)c(F)c(SOO[O-])c(F)c1F)C1CCCCC1. The minimum absolute atomic E-state index is 0.161. The highest BCUT2D eigenvalue weighted by molar-refractivity contribution is 7.94. The molecule has 5 nitrogen and oxygen atoms in total. The predicted molar refractivity (Wildman–Crippen MR) is 68.4 cm³/mol. The molecule has 1 fully saturated rings. The molecule has 0 spiro atoms. The third-order valence-corrected chi connectivity index (χ3v) is 6.53. The van der Waals surface area contributed by atoms with Crippen molar-refractivity contribution in [3.63, 3.8) is 0 Å². The van der Waals surface area contributed by atoms with Crippen LogP contribution in [0, 0.1) is 23.3 Å². The lowest BCUT2D eigenvalue weighted by Crippen LogP contribution is -2.27. The molecule has 23 heavy (non-hydrogen) atoms. The summed E-state index contributed by atoms with van der Waals surface area (Å²) in [7, 11) is -4.58. The van der Waals surface area contributed by atoms with Gasteiger partial charge in [-0.15, -0.1) is 0 Å².